The summed E-state index contributed by atoms with van der Waals surface area (Å²) < 4.78 is 13.2. The molecule has 0 saturated carbocycles. The minimum atomic E-state index is -3.18. The summed E-state index contributed by atoms with van der Waals surface area (Å²) in [7, 11) is -1.42. The Morgan fingerprint density at radius 3 is 2.15 bits per heavy atom. The molecule has 2 aliphatic heterocycles. The van der Waals surface area contributed by atoms with E-state index in [4.69, 9.17) is 14.1 Å². The Morgan fingerprint density at radius 2 is 1.54 bits per heavy atom. The molecule has 3 amide bonds. The molecule has 1 saturated heterocycles. The third kappa shape index (κ3) is 9.20. The van der Waals surface area contributed by atoms with Crippen LogP contribution in [0.25, 0.3) is 17.0 Å². The quantitative estimate of drug-likeness (QED) is 0.181. The lowest BCUT2D eigenvalue weighted by Gasteiger charge is -2.44. The van der Waals surface area contributed by atoms with Crippen LogP contribution in [0.4, 0.5) is 0 Å². The zero-order valence-electron chi connectivity index (χ0n) is 35.8. The van der Waals surface area contributed by atoms with Crippen LogP contribution in [-0.4, -0.2) is 85.3 Å². The van der Waals surface area contributed by atoms with Gasteiger partial charge in [-0.25, -0.2) is 5.43 Å². The third-order valence-electron chi connectivity index (χ3n) is 11.7. The normalized spacial score (nSPS) is 22.9. The molecular weight excluding hydrogens is 759 g/mol. The van der Waals surface area contributed by atoms with E-state index >= 15 is 0 Å². The number of nitrogens with zero attached hydrogens (tertiary/aromatic N) is 3. The van der Waals surface area contributed by atoms with Gasteiger partial charge in [0.25, 0.3) is 20.1 Å². The number of benzene rings is 3. The molecule has 11 nitrogen and oxygen atoms in total. The summed E-state index contributed by atoms with van der Waals surface area (Å²) in [5.41, 5.74) is 4.41. The van der Waals surface area contributed by atoms with Crippen molar-refractivity contribution in [3.05, 3.63) is 108 Å². The lowest BCUT2D eigenvalue weighted by Crippen LogP contribution is -2.68. The number of pyridine rings is 1. The summed E-state index contributed by atoms with van der Waals surface area (Å²) in [5.74, 6) is -2.27. The van der Waals surface area contributed by atoms with E-state index in [1.807, 2.05) is 79.7 Å². The number of amides is 3. The van der Waals surface area contributed by atoms with E-state index in [2.05, 4.69) is 55.8 Å². The molecule has 1 aromatic heterocycles. The Morgan fingerprint density at radius 1 is 0.915 bits per heavy atom. The second kappa shape index (κ2) is 17.6. The number of rotatable bonds is 6. The van der Waals surface area contributed by atoms with Crippen LogP contribution in [0, 0.1) is 11.3 Å². The molecule has 0 spiro atoms. The Kier molecular flexibility index (Phi) is 12.9. The van der Waals surface area contributed by atoms with E-state index in [1.54, 1.807) is 45.7 Å². The molecular formula is C47H59N5O6Si. The fourth-order valence-corrected chi connectivity index (χ4v) is 12.5. The van der Waals surface area contributed by atoms with Gasteiger partial charge in [-0.05, 0) is 72.6 Å². The van der Waals surface area contributed by atoms with Gasteiger partial charge in [0.2, 0.25) is 5.91 Å². The summed E-state index contributed by atoms with van der Waals surface area (Å²) in [6.07, 6.45) is 3.46. The van der Waals surface area contributed by atoms with Crippen molar-refractivity contribution >= 4 is 59.4 Å². The summed E-state index contributed by atoms with van der Waals surface area (Å²) in [4.78, 5) is 63.9. The molecule has 0 radical (unpaired) electrons. The fraction of sp³-hybridized carbons (Fsp3) is 0.426. The molecule has 1 fully saturated rings. The van der Waals surface area contributed by atoms with Crippen molar-refractivity contribution in [2.75, 3.05) is 20.2 Å². The fourth-order valence-electron chi connectivity index (χ4n) is 7.96. The van der Waals surface area contributed by atoms with Crippen LogP contribution in [-0.2, 0) is 28.3 Å². The molecule has 5 bridgehead atoms. The first kappa shape index (κ1) is 43.4. The number of hydrogen-bond acceptors (Lipinski definition) is 8. The van der Waals surface area contributed by atoms with Crippen LogP contribution >= 0.6 is 0 Å². The number of ether oxygens (including phenoxy) is 1. The van der Waals surface area contributed by atoms with Gasteiger partial charge in [-0.1, -0.05) is 126 Å². The third-order valence-corrected chi connectivity index (χ3v) is 16.7. The highest BCUT2D eigenvalue weighted by Crippen LogP contribution is 2.37. The van der Waals surface area contributed by atoms with Crippen LogP contribution in [0.1, 0.15) is 85.5 Å². The van der Waals surface area contributed by atoms with Crippen LogP contribution in [0.2, 0.25) is 5.04 Å². The average molecular weight is 818 g/mol. The second-order valence-electron chi connectivity index (χ2n) is 17.8. The lowest BCUT2D eigenvalue weighted by atomic mass is 9.92. The molecule has 59 heavy (non-hydrogen) atoms. The van der Waals surface area contributed by atoms with Gasteiger partial charge < -0.3 is 19.4 Å². The van der Waals surface area contributed by atoms with Gasteiger partial charge in [0.05, 0.1) is 29.3 Å². The largest absolute Gasteiger partial charge is 0.451 e. The SMILES string of the molecule is CC(C)[C@@H]1OC(=O)C(C)(C)/C=C/c2ccc3ccc(nc3c2)[C@@H](C)N(C)C(=O)[C@@H]2CCCN(N2)C(=O)[C@H](CO[Si](c2ccccc2)(c2ccccc2)C(C)(C)C)NC1=O. The van der Waals surface area contributed by atoms with E-state index in [9.17, 15) is 19.2 Å². The average Bonchev–Trinajstić information content (AvgIpc) is 3.23. The molecule has 0 aliphatic carbocycles. The summed E-state index contributed by atoms with van der Waals surface area (Å²) >= 11 is 0. The van der Waals surface area contributed by atoms with Gasteiger partial charge in [0, 0.05) is 19.0 Å². The van der Waals surface area contributed by atoms with Crippen molar-refractivity contribution in [2.24, 2.45) is 11.3 Å². The van der Waals surface area contributed by atoms with Crippen molar-refractivity contribution in [1.29, 1.82) is 0 Å². The molecule has 6 rings (SSSR count). The van der Waals surface area contributed by atoms with Crippen molar-refractivity contribution in [3.8, 4) is 0 Å². The monoisotopic (exact) mass is 817 g/mol. The highest BCUT2D eigenvalue weighted by atomic mass is 28.4. The Hall–Kier alpha value is -5.17. The van der Waals surface area contributed by atoms with Gasteiger partial charge in [-0.2, -0.15) is 0 Å². The lowest BCUT2D eigenvalue weighted by molar-refractivity contribution is -0.165. The predicted molar refractivity (Wildman–Crippen MR) is 234 cm³/mol. The number of nitrogens with one attached hydrogen (secondary N) is 2. The summed E-state index contributed by atoms with van der Waals surface area (Å²) in [6.45, 7) is 15.6. The highest BCUT2D eigenvalue weighted by molar-refractivity contribution is 6.99. The number of hydrazine groups is 1. The number of carbonyl (C=O) groups excluding carboxylic acids is 4. The van der Waals surface area contributed by atoms with Crippen molar-refractivity contribution in [1.82, 2.24) is 25.6 Å². The van der Waals surface area contributed by atoms with E-state index in [0.717, 1.165) is 32.5 Å². The van der Waals surface area contributed by atoms with Crippen molar-refractivity contribution in [3.63, 3.8) is 0 Å². The van der Waals surface area contributed by atoms with Gasteiger partial charge in [-0.3, -0.25) is 29.2 Å². The van der Waals surface area contributed by atoms with E-state index in [0.29, 0.717) is 19.4 Å². The Bertz CT molecular complexity index is 2150. The summed E-state index contributed by atoms with van der Waals surface area (Å²) in [5, 5.41) is 6.97. The summed E-state index contributed by atoms with van der Waals surface area (Å²) in [6, 6.07) is 27.6. The first-order chi connectivity index (χ1) is 27.9. The van der Waals surface area contributed by atoms with Gasteiger partial charge in [-0.15, -0.1) is 0 Å². The number of carbonyl (C=O) groups is 4. The van der Waals surface area contributed by atoms with Crippen molar-refractivity contribution < 1.29 is 28.3 Å². The van der Waals surface area contributed by atoms with E-state index in [1.165, 1.54) is 5.01 Å². The standard InChI is InChI=1S/C47H59N5O6Si/c1-31(2)41-42(53)49-40(30-57-59(46(4,5)6,35-17-12-10-13-18-35)36-19-14-11-15-20-36)44(55)52-28-16-21-38(50-52)43(54)51(9)32(3)37-25-24-34-23-22-33(29-39(34)48-37)26-27-47(7,8)45(56)58-41/h10-15,17-20,22-27,29,31-32,38,40-41,50H,16,21,28,30H2,1-9H3,(H,49,53)/b27-26+/t32-,38+,40+,41+/m1/s1. The number of esters is 1. The minimum absolute atomic E-state index is 0.175. The van der Waals surface area contributed by atoms with Crippen LogP contribution in [0.3, 0.4) is 0 Å². The smallest absolute Gasteiger partial charge is 0.316 e. The number of hydrogen-bond donors (Lipinski definition) is 2. The minimum Gasteiger partial charge on any atom is -0.451 e. The topological polar surface area (TPSA) is 130 Å². The zero-order chi connectivity index (χ0) is 42.7. The van der Waals surface area contributed by atoms with Crippen LogP contribution < -0.4 is 21.1 Å². The Labute approximate surface area is 349 Å². The highest BCUT2D eigenvalue weighted by Gasteiger charge is 2.51. The maximum Gasteiger partial charge on any atom is 0.316 e. The van der Waals surface area contributed by atoms with Crippen LogP contribution in [0.15, 0.2) is 97.1 Å². The molecule has 4 aromatic rings. The molecule has 3 aromatic carbocycles. The molecule has 0 unspecified atom stereocenters. The maximum atomic E-state index is 14.9. The molecule has 12 heteroatoms. The number of likely N-dealkylation sites (N-methyl/N-ethyl adjacent to an activating group) is 1. The van der Waals surface area contributed by atoms with E-state index < -0.39 is 60.7 Å². The van der Waals surface area contributed by atoms with Gasteiger partial charge in [0.1, 0.15) is 12.1 Å². The van der Waals surface area contributed by atoms with Gasteiger partial charge in [0.15, 0.2) is 6.10 Å². The number of cyclic esters (lactones) is 1. The maximum absolute atomic E-state index is 14.9. The van der Waals surface area contributed by atoms with Crippen molar-refractivity contribution in [2.45, 2.75) is 97.5 Å². The molecule has 312 valence electrons. The molecule has 4 atom stereocenters. The first-order valence-electron chi connectivity index (χ1n) is 20.6. The number of fused-ring (bicyclic) bond motifs is 4. The van der Waals surface area contributed by atoms with E-state index in [-0.39, 0.29) is 18.6 Å². The predicted octanol–water partition coefficient (Wildman–Crippen LogP) is 5.93. The van der Waals surface area contributed by atoms with Crippen LogP contribution in [0.5, 0.6) is 0 Å². The Balaban J connectivity index is 1.42. The zero-order valence-corrected chi connectivity index (χ0v) is 36.8. The first-order valence-corrected chi connectivity index (χ1v) is 22.5. The van der Waals surface area contributed by atoms with Gasteiger partial charge >= 0.3 is 5.97 Å². The molecule has 3 heterocycles. The molecule has 2 aliphatic rings. The molecule has 2 N–H and O–H groups in total. The second-order valence-corrected chi connectivity index (χ2v) is 22.1. The number of aromatic nitrogens is 1.